The molecule has 3 aliphatic rings. The van der Waals surface area contributed by atoms with Crippen LogP contribution < -0.4 is 5.32 Å². The molecular formula is C22H25ClN4O. The smallest absolute Gasteiger partial charge is 0.247 e. The Morgan fingerprint density at radius 3 is 2.75 bits per heavy atom. The molecule has 1 atom stereocenters. The molecule has 0 unspecified atom stereocenters. The van der Waals surface area contributed by atoms with E-state index in [1.165, 1.54) is 47.7 Å². The van der Waals surface area contributed by atoms with Crippen molar-refractivity contribution < 1.29 is 4.79 Å². The van der Waals surface area contributed by atoms with Crippen molar-refractivity contribution in [1.82, 2.24) is 20.0 Å². The Morgan fingerprint density at radius 1 is 1.21 bits per heavy atom. The molecule has 0 bridgehead atoms. The largest absolute Gasteiger partial charge is 0.337 e. The number of carbonyl (C=O) groups is 1. The third kappa shape index (κ3) is 3.07. The van der Waals surface area contributed by atoms with Crippen LogP contribution in [0.5, 0.6) is 0 Å². The van der Waals surface area contributed by atoms with E-state index < -0.39 is 0 Å². The summed E-state index contributed by atoms with van der Waals surface area (Å²) in [6, 6.07) is 9.12. The number of carbonyl (C=O) groups excluding carboxylic acids is 1. The molecule has 1 fully saturated rings. The fourth-order valence-corrected chi connectivity index (χ4v) is 4.83. The van der Waals surface area contributed by atoms with Gasteiger partial charge in [0.25, 0.3) is 0 Å². The van der Waals surface area contributed by atoms with Gasteiger partial charge in [0.1, 0.15) is 0 Å². The second-order valence-corrected chi connectivity index (χ2v) is 8.27. The molecule has 1 aromatic heterocycles. The summed E-state index contributed by atoms with van der Waals surface area (Å²) in [6.07, 6.45) is 7.16. The molecule has 2 aliphatic heterocycles. The van der Waals surface area contributed by atoms with Gasteiger partial charge in [0, 0.05) is 49.7 Å². The third-order valence-electron chi connectivity index (χ3n) is 6.45. The second kappa shape index (κ2) is 7.37. The number of hydrogen-bond acceptors (Lipinski definition) is 3. The molecule has 6 heteroatoms. The average molecular weight is 397 g/mol. The van der Waals surface area contributed by atoms with Crippen molar-refractivity contribution in [2.45, 2.75) is 44.1 Å². The van der Waals surface area contributed by atoms with Crippen molar-refractivity contribution in [2.24, 2.45) is 0 Å². The summed E-state index contributed by atoms with van der Waals surface area (Å²) in [7, 11) is 0. The molecule has 3 heterocycles. The van der Waals surface area contributed by atoms with Crippen molar-refractivity contribution in [3.05, 3.63) is 58.4 Å². The van der Waals surface area contributed by atoms with Crippen LogP contribution in [0.15, 0.2) is 35.9 Å². The van der Waals surface area contributed by atoms with Crippen molar-refractivity contribution in [2.75, 3.05) is 19.6 Å². The first-order chi connectivity index (χ1) is 13.7. The molecule has 1 amide bonds. The van der Waals surface area contributed by atoms with Gasteiger partial charge in [-0.3, -0.25) is 4.79 Å². The van der Waals surface area contributed by atoms with Gasteiger partial charge in [0.15, 0.2) is 0 Å². The standard InChI is InChI=1S/C22H25ClN4O/c23-11-8-21(28)26-13-10-18-22-19(14-26)24-12-9-20(22)27(25-18)17-6-4-16(5-7-17)15-2-1-3-15/h4-8,11,15,19,24H,1-3,9-10,12-14H2/b11-8-/t19-/m0/s1. The lowest BCUT2D eigenvalue weighted by Gasteiger charge is -2.28. The summed E-state index contributed by atoms with van der Waals surface area (Å²) >= 11 is 5.60. The molecule has 0 radical (unpaired) electrons. The predicted molar refractivity (Wildman–Crippen MR) is 110 cm³/mol. The van der Waals surface area contributed by atoms with Crippen LogP contribution in [-0.2, 0) is 17.6 Å². The highest BCUT2D eigenvalue weighted by atomic mass is 35.5. The quantitative estimate of drug-likeness (QED) is 0.808. The predicted octanol–water partition coefficient (Wildman–Crippen LogP) is 3.46. The minimum absolute atomic E-state index is 0.0338. The number of rotatable bonds is 3. The molecule has 1 aliphatic carbocycles. The summed E-state index contributed by atoms with van der Waals surface area (Å²) in [5.41, 5.74) is 7.58. The van der Waals surface area contributed by atoms with Gasteiger partial charge in [-0.25, -0.2) is 4.68 Å². The van der Waals surface area contributed by atoms with Gasteiger partial charge in [-0.2, -0.15) is 5.10 Å². The Morgan fingerprint density at radius 2 is 2.04 bits per heavy atom. The van der Waals surface area contributed by atoms with Crippen LogP contribution in [0.3, 0.4) is 0 Å². The van der Waals surface area contributed by atoms with Crippen molar-refractivity contribution in [3.8, 4) is 5.69 Å². The van der Waals surface area contributed by atoms with Gasteiger partial charge in [0.05, 0.1) is 23.1 Å². The van der Waals surface area contributed by atoms with Crippen LogP contribution in [0.2, 0.25) is 0 Å². The van der Waals surface area contributed by atoms with E-state index in [1.54, 1.807) is 0 Å². The fraction of sp³-hybridized carbons (Fsp3) is 0.455. The summed E-state index contributed by atoms with van der Waals surface area (Å²) in [5.74, 6) is 0.717. The number of amides is 1. The Labute approximate surface area is 170 Å². The Bertz CT molecular complexity index is 913. The molecule has 5 rings (SSSR count). The normalized spacial score (nSPS) is 22.0. The van der Waals surface area contributed by atoms with E-state index in [0.29, 0.717) is 13.1 Å². The zero-order valence-electron chi connectivity index (χ0n) is 15.9. The monoisotopic (exact) mass is 396 g/mol. The van der Waals surface area contributed by atoms with E-state index >= 15 is 0 Å². The zero-order chi connectivity index (χ0) is 19.1. The lowest BCUT2D eigenvalue weighted by Crippen LogP contribution is -2.40. The highest BCUT2D eigenvalue weighted by molar-refractivity contribution is 6.26. The number of nitrogens with one attached hydrogen (secondary N) is 1. The van der Waals surface area contributed by atoms with Gasteiger partial charge in [-0.05, 0) is 36.5 Å². The van der Waals surface area contributed by atoms with Crippen LogP contribution >= 0.6 is 11.6 Å². The molecule has 1 saturated carbocycles. The van der Waals surface area contributed by atoms with E-state index in [-0.39, 0.29) is 11.9 Å². The van der Waals surface area contributed by atoms with Crippen molar-refractivity contribution in [1.29, 1.82) is 0 Å². The topological polar surface area (TPSA) is 50.2 Å². The van der Waals surface area contributed by atoms with Crippen LogP contribution in [0.1, 0.15) is 53.7 Å². The van der Waals surface area contributed by atoms with Gasteiger partial charge in [-0.15, -0.1) is 0 Å². The highest BCUT2D eigenvalue weighted by Crippen LogP contribution is 2.37. The van der Waals surface area contributed by atoms with Crippen LogP contribution in [0.25, 0.3) is 5.69 Å². The fourth-order valence-electron chi connectivity index (χ4n) is 4.72. The Balaban J connectivity index is 1.46. The number of hydrogen-bond donors (Lipinski definition) is 1. The molecule has 0 saturated heterocycles. The minimum atomic E-state index is -0.0338. The first-order valence-corrected chi connectivity index (χ1v) is 10.7. The summed E-state index contributed by atoms with van der Waals surface area (Å²) < 4.78 is 2.14. The number of benzene rings is 1. The van der Waals surface area contributed by atoms with Crippen LogP contribution in [0.4, 0.5) is 0 Å². The van der Waals surface area contributed by atoms with Gasteiger partial charge < -0.3 is 10.2 Å². The van der Waals surface area contributed by atoms with Gasteiger partial charge in [-0.1, -0.05) is 30.2 Å². The first-order valence-electron chi connectivity index (χ1n) is 10.2. The number of aromatic nitrogens is 2. The third-order valence-corrected chi connectivity index (χ3v) is 6.58. The molecule has 5 nitrogen and oxygen atoms in total. The molecule has 1 aromatic carbocycles. The summed E-state index contributed by atoms with van der Waals surface area (Å²) in [4.78, 5) is 14.2. The minimum Gasteiger partial charge on any atom is -0.337 e. The molecule has 146 valence electrons. The maximum absolute atomic E-state index is 12.3. The summed E-state index contributed by atoms with van der Waals surface area (Å²) in [6.45, 7) is 2.23. The first kappa shape index (κ1) is 18.0. The lowest BCUT2D eigenvalue weighted by atomic mass is 9.80. The van der Waals surface area contributed by atoms with Crippen LogP contribution in [-0.4, -0.2) is 40.2 Å². The SMILES string of the molecule is O=C(/C=C\Cl)N1CCc2nn(-c3ccc(C4CCC4)cc3)c3c2[C@H](C1)NCC3. The Hall–Kier alpha value is -2.11. The molecule has 2 aromatic rings. The number of halogens is 1. The Kier molecular flexibility index (Phi) is 4.73. The van der Waals surface area contributed by atoms with E-state index in [0.717, 1.165) is 36.7 Å². The maximum atomic E-state index is 12.3. The molecule has 28 heavy (non-hydrogen) atoms. The molecular weight excluding hydrogens is 372 g/mol. The zero-order valence-corrected chi connectivity index (χ0v) is 16.7. The summed E-state index contributed by atoms with van der Waals surface area (Å²) in [5, 5.41) is 8.57. The van der Waals surface area contributed by atoms with Crippen molar-refractivity contribution in [3.63, 3.8) is 0 Å². The van der Waals surface area contributed by atoms with E-state index in [1.807, 2.05) is 4.90 Å². The van der Waals surface area contributed by atoms with E-state index in [4.69, 9.17) is 16.7 Å². The van der Waals surface area contributed by atoms with Crippen LogP contribution in [0, 0.1) is 0 Å². The average Bonchev–Trinajstić information content (AvgIpc) is 2.93. The molecule has 1 N–H and O–H groups in total. The van der Waals surface area contributed by atoms with Crippen molar-refractivity contribution >= 4 is 17.5 Å². The second-order valence-electron chi connectivity index (χ2n) is 8.02. The maximum Gasteiger partial charge on any atom is 0.247 e. The molecule has 0 spiro atoms. The highest BCUT2D eigenvalue weighted by Gasteiger charge is 2.33. The van der Waals surface area contributed by atoms with E-state index in [9.17, 15) is 4.79 Å². The lowest BCUT2D eigenvalue weighted by molar-refractivity contribution is -0.126. The van der Waals surface area contributed by atoms with Gasteiger partial charge in [0.2, 0.25) is 5.91 Å². The number of nitrogens with zero attached hydrogens (tertiary/aromatic N) is 3. The van der Waals surface area contributed by atoms with Gasteiger partial charge >= 0.3 is 0 Å². The van der Waals surface area contributed by atoms with E-state index in [2.05, 4.69) is 34.3 Å².